The van der Waals surface area contributed by atoms with Crippen LogP contribution in [0.5, 0.6) is 0 Å². The summed E-state index contributed by atoms with van der Waals surface area (Å²) in [4.78, 5) is 14.1. The van der Waals surface area contributed by atoms with Crippen LogP contribution in [0.15, 0.2) is 6.07 Å². The van der Waals surface area contributed by atoms with Gasteiger partial charge in [-0.15, -0.1) is 11.3 Å². The third-order valence-corrected chi connectivity index (χ3v) is 4.32. The van der Waals surface area contributed by atoms with Gasteiger partial charge in [-0.1, -0.05) is 26.7 Å². The van der Waals surface area contributed by atoms with Gasteiger partial charge >= 0.3 is 0 Å². The van der Waals surface area contributed by atoms with Gasteiger partial charge in [0.15, 0.2) is 0 Å². The number of aliphatic hydroxyl groups is 1. The standard InChI is InChI=1S/C14H23NO2S/c1-5-11(6-2)13(16)8-15-14(17)12-7-9(3)18-10(12)4/h7,11,13,16H,5-6,8H2,1-4H3,(H,15,17). The smallest absolute Gasteiger partial charge is 0.252 e. The van der Waals surface area contributed by atoms with E-state index in [0.717, 1.165) is 28.2 Å². The number of amides is 1. The van der Waals surface area contributed by atoms with Gasteiger partial charge in [0.1, 0.15) is 0 Å². The molecule has 0 radical (unpaired) electrons. The maximum atomic E-state index is 12.0. The van der Waals surface area contributed by atoms with Crippen molar-refractivity contribution in [1.29, 1.82) is 0 Å². The summed E-state index contributed by atoms with van der Waals surface area (Å²) in [5.41, 5.74) is 0.731. The van der Waals surface area contributed by atoms with E-state index in [1.807, 2.05) is 19.9 Å². The molecule has 1 unspecified atom stereocenters. The lowest BCUT2D eigenvalue weighted by Gasteiger charge is -2.20. The van der Waals surface area contributed by atoms with E-state index in [1.165, 1.54) is 0 Å². The average Bonchev–Trinajstić information content (AvgIpc) is 2.67. The van der Waals surface area contributed by atoms with Crippen LogP contribution in [0.2, 0.25) is 0 Å². The molecule has 0 aromatic carbocycles. The normalized spacial score (nSPS) is 12.8. The zero-order valence-corrected chi connectivity index (χ0v) is 12.4. The molecule has 2 N–H and O–H groups in total. The Hall–Kier alpha value is -0.870. The number of thiophene rings is 1. The Morgan fingerprint density at radius 2 is 2.00 bits per heavy atom. The molecule has 1 atom stereocenters. The van der Waals surface area contributed by atoms with Gasteiger partial charge in [0.05, 0.1) is 11.7 Å². The molecule has 0 saturated heterocycles. The van der Waals surface area contributed by atoms with Crippen LogP contribution in [0.4, 0.5) is 0 Å². The number of aryl methyl sites for hydroxylation is 2. The Balaban J connectivity index is 2.53. The summed E-state index contributed by atoms with van der Waals surface area (Å²) < 4.78 is 0. The molecule has 3 nitrogen and oxygen atoms in total. The highest BCUT2D eigenvalue weighted by Crippen LogP contribution is 2.20. The summed E-state index contributed by atoms with van der Waals surface area (Å²) in [7, 11) is 0. The van der Waals surface area contributed by atoms with E-state index in [4.69, 9.17) is 0 Å². The first-order valence-corrected chi connectivity index (χ1v) is 7.34. The minimum absolute atomic E-state index is 0.0816. The predicted octanol–water partition coefficient (Wildman–Crippen LogP) is 2.89. The molecule has 0 spiro atoms. The van der Waals surface area contributed by atoms with Crippen molar-refractivity contribution < 1.29 is 9.90 Å². The summed E-state index contributed by atoms with van der Waals surface area (Å²) in [6.45, 7) is 8.40. The lowest BCUT2D eigenvalue weighted by atomic mass is 9.96. The molecular weight excluding hydrogens is 246 g/mol. The second kappa shape index (κ2) is 6.90. The molecular formula is C14H23NO2S. The van der Waals surface area contributed by atoms with Gasteiger partial charge < -0.3 is 10.4 Å². The third-order valence-electron chi connectivity index (χ3n) is 3.35. The first-order chi connectivity index (χ1) is 8.49. The Morgan fingerprint density at radius 3 is 2.44 bits per heavy atom. The number of hydrogen-bond donors (Lipinski definition) is 2. The maximum absolute atomic E-state index is 12.0. The Morgan fingerprint density at radius 1 is 1.39 bits per heavy atom. The van der Waals surface area contributed by atoms with Crippen LogP contribution in [0, 0.1) is 19.8 Å². The molecule has 0 saturated carbocycles. The monoisotopic (exact) mass is 269 g/mol. The van der Waals surface area contributed by atoms with Crippen molar-refractivity contribution >= 4 is 17.2 Å². The van der Waals surface area contributed by atoms with Crippen LogP contribution in [0.3, 0.4) is 0 Å². The number of carbonyl (C=O) groups is 1. The molecule has 0 fully saturated rings. The number of aliphatic hydroxyl groups excluding tert-OH is 1. The Bertz CT molecular complexity index is 396. The van der Waals surface area contributed by atoms with Crippen LogP contribution < -0.4 is 5.32 Å². The van der Waals surface area contributed by atoms with Gasteiger partial charge in [0, 0.05) is 16.3 Å². The van der Waals surface area contributed by atoms with Gasteiger partial charge in [0.2, 0.25) is 0 Å². The van der Waals surface area contributed by atoms with Crippen molar-refractivity contribution in [3.05, 3.63) is 21.4 Å². The summed E-state index contributed by atoms with van der Waals surface area (Å²) >= 11 is 1.62. The minimum atomic E-state index is -0.455. The van der Waals surface area contributed by atoms with Crippen molar-refractivity contribution in [1.82, 2.24) is 5.32 Å². The summed E-state index contributed by atoms with van der Waals surface area (Å²) in [6.07, 6.45) is 1.41. The van der Waals surface area contributed by atoms with Gasteiger partial charge in [0.25, 0.3) is 5.91 Å². The third kappa shape index (κ3) is 3.82. The Kier molecular flexibility index (Phi) is 5.82. The summed E-state index contributed by atoms with van der Waals surface area (Å²) in [5.74, 6) is 0.178. The van der Waals surface area contributed by atoms with E-state index in [9.17, 15) is 9.90 Å². The highest BCUT2D eigenvalue weighted by atomic mass is 32.1. The molecule has 1 aromatic heterocycles. The van der Waals surface area contributed by atoms with E-state index < -0.39 is 6.10 Å². The molecule has 1 amide bonds. The number of hydrogen-bond acceptors (Lipinski definition) is 3. The van der Waals surface area contributed by atoms with Crippen molar-refractivity contribution in [2.75, 3.05) is 6.54 Å². The van der Waals surface area contributed by atoms with E-state index in [0.29, 0.717) is 6.54 Å². The molecule has 0 aliphatic carbocycles. The molecule has 18 heavy (non-hydrogen) atoms. The molecule has 0 aliphatic rings. The van der Waals surface area contributed by atoms with E-state index in [-0.39, 0.29) is 11.8 Å². The zero-order valence-electron chi connectivity index (χ0n) is 11.6. The molecule has 1 heterocycles. The Labute approximate surface area is 113 Å². The first kappa shape index (κ1) is 15.2. The van der Waals surface area contributed by atoms with E-state index in [2.05, 4.69) is 19.2 Å². The average molecular weight is 269 g/mol. The topological polar surface area (TPSA) is 49.3 Å². The van der Waals surface area contributed by atoms with E-state index >= 15 is 0 Å². The number of carbonyl (C=O) groups excluding carboxylic acids is 1. The number of nitrogens with one attached hydrogen (secondary N) is 1. The summed E-state index contributed by atoms with van der Waals surface area (Å²) in [6, 6.07) is 1.90. The van der Waals surface area contributed by atoms with E-state index in [1.54, 1.807) is 11.3 Å². The van der Waals surface area contributed by atoms with Gasteiger partial charge in [-0.05, 0) is 25.8 Å². The molecule has 0 aliphatic heterocycles. The van der Waals surface area contributed by atoms with Crippen molar-refractivity contribution in [2.24, 2.45) is 5.92 Å². The maximum Gasteiger partial charge on any atom is 0.252 e. The van der Waals surface area contributed by atoms with Gasteiger partial charge in [-0.25, -0.2) is 0 Å². The molecule has 1 aromatic rings. The second-order valence-corrected chi connectivity index (χ2v) is 6.14. The minimum Gasteiger partial charge on any atom is -0.391 e. The van der Waals surface area contributed by atoms with Gasteiger partial charge in [-0.3, -0.25) is 4.79 Å². The predicted molar refractivity (Wildman–Crippen MR) is 76.2 cm³/mol. The number of rotatable bonds is 6. The molecule has 1 rings (SSSR count). The fourth-order valence-electron chi connectivity index (χ4n) is 2.15. The lowest BCUT2D eigenvalue weighted by molar-refractivity contribution is 0.0816. The van der Waals surface area contributed by atoms with Crippen molar-refractivity contribution in [3.8, 4) is 0 Å². The van der Waals surface area contributed by atoms with Crippen LogP contribution in [-0.4, -0.2) is 23.7 Å². The largest absolute Gasteiger partial charge is 0.391 e. The van der Waals surface area contributed by atoms with Gasteiger partial charge in [-0.2, -0.15) is 0 Å². The van der Waals surface area contributed by atoms with Crippen LogP contribution in [0.25, 0.3) is 0 Å². The lowest BCUT2D eigenvalue weighted by Crippen LogP contribution is -2.36. The van der Waals surface area contributed by atoms with Crippen LogP contribution in [-0.2, 0) is 0 Å². The van der Waals surface area contributed by atoms with Crippen LogP contribution in [0.1, 0.15) is 46.8 Å². The highest BCUT2D eigenvalue weighted by molar-refractivity contribution is 7.12. The molecule has 0 bridgehead atoms. The summed E-state index contributed by atoms with van der Waals surface area (Å²) in [5, 5.41) is 12.8. The quantitative estimate of drug-likeness (QED) is 0.834. The SMILES string of the molecule is CCC(CC)C(O)CNC(=O)c1cc(C)sc1C. The molecule has 102 valence electrons. The fraction of sp³-hybridized carbons (Fsp3) is 0.643. The van der Waals surface area contributed by atoms with Crippen molar-refractivity contribution in [3.63, 3.8) is 0 Å². The first-order valence-electron chi connectivity index (χ1n) is 6.52. The van der Waals surface area contributed by atoms with Crippen molar-refractivity contribution in [2.45, 2.75) is 46.6 Å². The zero-order chi connectivity index (χ0) is 13.7. The van der Waals surface area contributed by atoms with Crippen LogP contribution >= 0.6 is 11.3 Å². The fourth-order valence-corrected chi connectivity index (χ4v) is 3.07. The highest BCUT2D eigenvalue weighted by Gasteiger charge is 2.18. The second-order valence-electron chi connectivity index (χ2n) is 4.68. The molecule has 4 heteroatoms.